The molecule has 1 aromatic carbocycles. The molecule has 0 saturated heterocycles. The van der Waals surface area contributed by atoms with Gasteiger partial charge in [0.05, 0.1) is 0 Å². The predicted octanol–water partition coefficient (Wildman–Crippen LogP) is 4.65. The maximum Gasteiger partial charge on any atom is 0.244 e. The van der Waals surface area contributed by atoms with Crippen molar-refractivity contribution in [3.8, 4) is 0 Å². The van der Waals surface area contributed by atoms with Crippen molar-refractivity contribution in [1.29, 1.82) is 0 Å². The fraction of sp³-hybridized carbons (Fsp3) is 0.0667. The minimum Gasteiger partial charge on any atom is -0.279 e. The van der Waals surface area contributed by atoms with E-state index in [1.165, 1.54) is 17.3 Å². The molecule has 100 valence electrons. The average molecular weight is 317 g/mol. The molecule has 5 heteroatoms. The van der Waals surface area contributed by atoms with Gasteiger partial charge in [-0.05, 0) is 34.8 Å². The Labute approximate surface area is 130 Å². The number of hydrogen-bond acceptors (Lipinski definition) is 5. The van der Waals surface area contributed by atoms with E-state index in [-0.39, 0.29) is 5.12 Å². The molecule has 2 aromatic rings. The van der Waals surface area contributed by atoms with E-state index in [1.54, 1.807) is 23.1 Å². The number of rotatable bonds is 3. The molecule has 0 fully saturated rings. The zero-order valence-electron chi connectivity index (χ0n) is 10.5. The van der Waals surface area contributed by atoms with Crippen LogP contribution in [0.25, 0.3) is 6.08 Å². The molecule has 0 bridgehead atoms. The van der Waals surface area contributed by atoms with Gasteiger partial charge >= 0.3 is 0 Å². The molecule has 1 aliphatic rings. The van der Waals surface area contributed by atoms with E-state index in [9.17, 15) is 4.79 Å². The highest BCUT2D eigenvalue weighted by molar-refractivity contribution is 8.45. The van der Waals surface area contributed by atoms with Crippen molar-refractivity contribution >= 4 is 50.4 Å². The first kappa shape index (κ1) is 13.7. The molecule has 0 amide bonds. The Bertz CT molecular complexity index is 660. The molecule has 0 aliphatic carbocycles. The highest BCUT2D eigenvalue weighted by Gasteiger charge is 2.22. The number of hydrogen-bond donors (Lipinski definition) is 0. The summed E-state index contributed by atoms with van der Waals surface area (Å²) in [6.07, 6.45) is 1.86. The number of thioether (sulfide) groups is 2. The van der Waals surface area contributed by atoms with Crippen molar-refractivity contribution < 1.29 is 4.79 Å². The predicted molar refractivity (Wildman–Crippen MR) is 90.1 cm³/mol. The topological polar surface area (TPSA) is 29.4 Å². The Kier molecular flexibility index (Phi) is 4.40. The minimum absolute atomic E-state index is 0.0361. The summed E-state index contributed by atoms with van der Waals surface area (Å²) < 4.78 is 0.835. The number of aliphatic imine (C=N–C) groups is 1. The fourth-order valence-electron chi connectivity index (χ4n) is 1.68. The molecule has 0 spiro atoms. The van der Waals surface area contributed by atoms with Gasteiger partial charge in [0.2, 0.25) is 5.12 Å². The highest BCUT2D eigenvalue weighted by atomic mass is 32.2. The van der Waals surface area contributed by atoms with Gasteiger partial charge in [-0.2, -0.15) is 0 Å². The van der Waals surface area contributed by atoms with E-state index in [2.05, 4.69) is 17.1 Å². The molecular formula is C15H11NOS3. The molecule has 0 N–H and O–H groups in total. The highest BCUT2D eigenvalue weighted by Crippen LogP contribution is 2.32. The molecule has 2 heterocycles. The number of nitrogens with zero attached hydrogens (tertiary/aromatic N) is 1. The zero-order chi connectivity index (χ0) is 13.8. The molecule has 1 aliphatic heterocycles. The first-order valence-electron chi connectivity index (χ1n) is 6.04. The first-order valence-corrected chi connectivity index (χ1v) is 8.72. The summed E-state index contributed by atoms with van der Waals surface area (Å²) in [6, 6.07) is 14.2. The number of thiophene rings is 1. The van der Waals surface area contributed by atoms with Gasteiger partial charge in [-0.3, -0.25) is 4.79 Å². The van der Waals surface area contributed by atoms with Gasteiger partial charge < -0.3 is 0 Å². The Hall–Kier alpha value is -1.30. The van der Waals surface area contributed by atoms with Crippen LogP contribution in [0.5, 0.6) is 0 Å². The lowest BCUT2D eigenvalue weighted by Gasteiger charge is -1.98. The Balaban J connectivity index is 1.68. The van der Waals surface area contributed by atoms with Crippen LogP contribution in [0.2, 0.25) is 0 Å². The molecule has 0 radical (unpaired) electrons. The summed E-state index contributed by atoms with van der Waals surface area (Å²) in [6.45, 7) is 0. The van der Waals surface area contributed by atoms with Crippen molar-refractivity contribution in [2.75, 3.05) is 0 Å². The van der Waals surface area contributed by atoms with Crippen molar-refractivity contribution in [1.82, 2.24) is 0 Å². The monoisotopic (exact) mass is 317 g/mol. The minimum atomic E-state index is 0.0361. The summed E-state index contributed by atoms with van der Waals surface area (Å²) in [5.74, 6) is 0.840. The third-order valence-corrected chi connectivity index (χ3v) is 5.53. The van der Waals surface area contributed by atoms with Crippen molar-refractivity contribution in [3.63, 3.8) is 0 Å². The van der Waals surface area contributed by atoms with Crippen LogP contribution >= 0.6 is 34.9 Å². The largest absolute Gasteiger partial charge is 0.279 e. The van der Waals surface area contributed by atoms with Gasteiger partial charge in [-0.15, -0.1) is 11.3 Å². The third kappa shape index (κ3) is 3.42. The van der Waals surface area contributed by atoms with Crippen molar-refractivity contribution in [2.45, 2.75) is 5.75 Å². The maximum absolute atomic E-state index is 11.9. The van der Waals surface area contributed by atoms with Crippen LogP contribution in [-0.2, 0) is 10.5 Å². The van der Waals surface area contributed by atoms with Gasteiger partial charge in [0.15, 0.2) is 0 Å². The smallest absolute Gasteiger partial charge is 0.244 e. The van der Waals surface area contributed by atoms with Crippen LogP contribution in [0.15, 0.2) is 58.5 Å². The number of carbonyl (C=O) groups excluding carboxylic acids is 1. The van der Waals surface area contributed by atoms with Crippen LogP contribution in [-0.4, -0.2) is 9.49 Å². The second-order valence-electron chi connectivity index (χ2n) is 4.09. The van der Waals surface area contributed by atoms with Gasteiger partial charge in [-0.1, -0.05) is 48.2 Å². The standard InChI is InChI=1S/C15H11NOS3/c17-14-13(9-12-7-4-8-18-12)16-15(20-14)19-10-11-5-2-1-3-6-11/h1-9H,10H2. The molecule has 3 rings (SSSR count). The Morgan fingerprint density at radius 3 is 2.75 bits per heavy atom. The van der Waals surface area contributed by atoms with E-state index in [1.807, 2.05) is 41.8 Å². The molecule has 0 atom stereocenters. The van der Waals surface area contributed by atoms with Crippen LogP contribution in [0.3, 0.4) is 0 Å². The summed E-state index contributed by atoms with van der Waals surface area (Å²) >= 11 is 4.45. The molecule has 0 saturated carbocycles. The summed E-state index contributed by atoms with van der Waals surface area (Å²) in [5.41, 5.74) is 1.79. The quantitative estimate of drug-likeness (QED) is 0.772. The van der Waals surface area contributed by atoms with Crippen molar-refractivity contribution in [3.05, 3.63) is 64.0 Å². The van der Waals surface area contributed by atoms with E-state index in [0.717, 1.165) is 15.0 Å². The van der Waals surface area contributed by atoms with Crippen molar-refractivity contribution in [2.24, 2.45) is 4.99 Å². The third-order valence-electron chi connectivity index (χ3n) is 2.63. The molecule has 2 nitrogen and oxygen atoms in total. The summed E-state index contributed by atoms with van der Waals surface area (Å²) in [7, 11) is 0. The van der Waals surface area contributed by atoms with E-state index >= 15 is 0 Å². The Morgan fingerprint density at radius 1 is 1.15 bits per heavy atom. The normalized spacial score (nSPS) is 16.7. The lowest BCUT2D eigenvalue weighted by Crippen LogP contribution is -1.87. The van der Waals surface area contributed by atoms with E-state index < -0.39 is 0 Å². The van der Waals surface area contributed by atoms with E-state index in [0.29, 0.717) is 5.70 Å². The average Bonchev–Trinajstić information content (AvgIpc) is 3.09. The first-order chi connectivity index (χ1) is 9.81. The van der Waals surface area contributed by atoms with E-state index in [4.69, 9.17) is 0 Å². The van der Waals surface area contributed by atoms with Gasteiger partial charge in [0.1, 0.15) is 10.1 Å². The van der Waals surface area contributed by atoms with Crippen LogP contribution < -0.4 is 0 Å². The Morgan fingerprint density at radius 2 is 2.00 bits per heavy atom. The van der Waals surface area contributed by atoms with Gasteiger partial charge in [0.25, 0.3) is 0 Å². The van der Waals surface area contributed by atoms with Gasteiger partial charge in [0, 0.05) is 10.6 Å². The van der Waals surface area contributed by atoms with Gasteiger partial charge in [-0.25, -0.2) is 4.99 Å². The van der Waals surface area contributed by atoms with Crippen LogP contribution in [0, 0.1) is 0 Å². The SMILES string of the molecule is O=C1SC(SCc2ccccc2)=NC1=Cc1cccs1. The second-order valence-corrected chi connectivity index (χ2v) is 7.25. The number of carbonyl (C=O) groups is 1. The lowest BCUT2D eigenvalue weighted by molar-refractivity contribution is -0.107. The molecule has 0 unspecified atom stereocenters. The van der Waals surface area contributed by atoms with Crippen LogP contribution in [0.1, 0.15) is 10.4 Å². The number of benzene rings is 1. The molecular weight excluding hydrogens is 306 g/mol. The summed E-state index contributed by atoms with van der Waals surface area (Å²) in [5, 5.41) is 2.03. The molecule has 20 heavy (non-hydrogen) atoms. The van der Waals surface area contributed by atoms with Crippen LogP contribution in [0.4, 0.5) is 0 Å². The zero-order valence-corrected chi connectivity index (χ0v) is 12.9. The second kappa shape index (κ2) is 6.43. The molecule has 1 aromatic heterocycles. The fourth-order valence-corrected chi connectivity index (χ4v) is 4.13. The maximum atomic E-state index is 11.9. The lowest BCUT2D eigenvalue weighted by atomic mass is 10.2. The summed E-state index contributed by atoms with van der Waals surface area (Å²) in [4.78, 5) is 17.4.